The van der Waals surface area contributed by atoms with E-state index in [1.807, 2.05) is 0 Å². The standard InChI is InChI=1S/C9H16ClN3O4S2/c1-9(2,18(4,14)15)5-12-19(16,17)8-7(10)13(3)6-11-8/h6,12H,5H2,1-4H3. The number of aromatic nitrogens is 2. The number of hydrogen-bond donors (Lipinski definition) is 1. The molecule has 1 rings (SSSR count). The molecule has 0 bridgehead atoms. The third-order valence-electron chi connectivity index (χ3n) is 2.78. The van der Waals surface area contributed by atoms with Crippen LogP contribution in [0.4, 0.5) is 0 Å². The smallest absolute Gasteiger partial charge is 0.261 e. The summed E-state index contributed by atoms with van der Waals surface area (Å²) in [5.74, 6) is 0. The van der Waals surface area contributed by atoms with E-state index in [0.717, 1.165) is 6.26 Å². The molecule has 0 amide bonds. The zero-order valence-electron chi connectivity index (χ0n) is 11.0. The SMILES string of the molecule is Cn1cnc(S(=O)(=O)NCC(C)(C)S(C)(=O)=O)c1Cl. The van der Waals surface area contributed by atoms with Gasteiger partial charge >= 0.3 is 0 Å². The van der Waals surface area contributed by atoms with Gasteiger partial charge in [-0.05, 0) is 13.8 Å². The molecule has 10 heteroatoms. The minimum atomic E-state index is -3.94. The highest BCUT2D eigenvalue weighted by molar-refractivity contribution is 7.92. The molecule has 1 heterocycles. The largest absolute Gasteiger partial charge is 0.324 e. The number of halogens is 1. The monoisotopic (exact) mass is 329 g/mol. The van der Waals surface area contributed by atoms with E-state index in [1.165, 1.54) is 24.7 Å². The zero-order chi connectivity index (χ0) is 15.1. The van der Waals surface area contributed by atoms with Crippen LogP contribution >= 0.6 is 11.6 Å². The van der Waals surface area contributed by atoms with Crippen molar-refractivity contribution in [1.82, 2.24) is 14.3 Å². The summed E-state index contributed by atoms with van der Waals surface area (Å²) >= 11 is 5.80. The van der Waals surface area contributed by atoms with Gasteiger partial charge in [-0.2, -0.15) is 0 Å². The summed E-state index contributed by atoms with van der Waals surface area (Å²) in [6, 6.07) is 0. The number of sulfone groups is 1. The Bertz CT molecular complexity index is 676. The predicted molar refractivity (Wildman–Crippen MR) is 72.3 cm³/mol. The Balaban J connectivity index is 2.98. The summed E-state index contributed by atoms with van der Waals surface area (Å²) in [6.45, 7) is 2.61. The first-order chi connectivity index (χ1) is 8.38. The van der Waals surface area contributed by atoms with Gasteiger partial charge in [0.2, 0.25) is 5.03 Å². The number of nitrogens with one attached hydrogen (secondary N) is 1. The normalized spacial score (nSPS) is 13.7. The van der Waals surface area contributed by atoms with Crippen LogP contribution < -0.4 is 4.72 Å². The quantitative estimate of drug-likeness (QED) is 0.830. The average Bonchev–Trinajstić information content (AvgIpc) is 2.56. The summed E-state index contributed by atoms with van der Waals surface area (Å²) in [5, 5.41) is -0.356. The van der Waals surface area contributed by atoms with E-state index in [-0.39, 0.29) is 16.7 Å². The number of sulfonamides is 1. The molecule has 1 aromatic rings. The van der Waals surface area contributed by atoms with Crippen LogP contribution in [0.15, 0.2) is 11.4 Å². The topological polar surface area (TPSA) is 98.1 Å². The van der Waals surface area contributed by atoms with Crippen molar-refractivity contribution in [2.75, 3.05) is 12.8 Å². The Hall–Kier alpha value is -0.640. The third kappa shape index (κ3) is 3.47. The lowest BCUT2D eigenvalue weighted by Crippen LogP contribution is -2.43. The molecule has 0 aliphatic rings. The second kappa shape index (κ2) is 5.04. The summed E-state index contributed by atoms with van der Waals surface area (Å²) in [4.78, 5) is 3.68. The minimum absolute atomic E-state index is 0.0374. The van der Waals surface area contributed by atoms with E-state index in [1.54, 1.807) is 7.05 Å². The van der Waals surface area contributed by atoms with Crippen molar-refractivity contribution in [3.05, 3.63) is 11.5 Å². The second-order valence-corrected chi connectivity index (χ2v) is 9.50. The Labute approximate surface area is 117 Å². The maximum atomic E-state index is 12.0. The van der Waals surface area contributed by atoms with Crippen LogP contribution in [-0.2, 0) is 26.9 Å². The summed E-state index contributed by atoms with van der Waals surface area (Å²) in [7, 11) is -5.79. The maximum absolute atomic E-state index is 12.0. The molecule has 110 valence electrons. The van der Waals surface area contributed by atoms with Crippen molar-refractivity contribution >= 4 is 31.5 Å². The van der Waals surface area contributed by atoms with Crippen LogP contribution in [0.2, 0.25) is 5.15 Å². The molecule has 0 aromatic carbocycles. The molecule has 7 nitrogen and oxygen atoms in total. The van der Waals surface area contributed by atoms with Gasteiger partial charge in [0.25, 0.3) is 10.0 Å². The van der Waals surface area contributed by atoms with Gasteiger partial charge < -0.3 is 4.57 Å². The van der Waals surface area contributed by atoms with E-state index in [2.05, 4.69) is 9.71 Å². The minimum Gasteiger partial charge on any atom is -0.324 e. The summed E-state index contributed by atoms with van der Waals surface area (Å²) in [6.07, 6.45) is 2.31. The molecule has 19 heavy (non-hydrogen) atoms. The molecule has 0 aliphatic carbocycles. The van der Waals surface area contributed by atoms with Crippen molar-refractivity contribution in [2.24, 2.45) is 7.05 Å². The second-order valence-electron chi connectivity index (χ2n) is 4.81. The Morgan fingerprint density at radius 3 is 2.26 bits per heavy atom. The molecule has 0 radical (unpaired) electrons. The van der Waals surface area contributed by atoms with Crippen LogP contribution in [0.5, 0.6) is 0 Å². The molecule has 0 unspecified atom stereocenters. The van der Waals surface area contributed by atoms with E-state index in [9.17, 15) is 16.8 Å². The lowest BCUT2D eigenvalue weighted by Gasteiger charge is -2.22. The first-order valence-corrected chi connectivity index (χ1v) is 9.00. The first kappa shape index (κ1) is 16.4. The fourth-order valence-corrected chi connectivity index (χ4v) is 3.10. The molecule has 1 aromatic heterocycles. The third-order valence-corrected chi connectivity index (χ3v) is 6.82. The van der Waals surface area contributed by atoms with E-state index < -0.39 is 24.6 Å². The van der Waals surface area contributed by atoms with Crippen molar-refractivity contribution in [3.8, 4) is 0 Å². The predicted octanol–water partition coefficient (Wildman–Crippen LogP) is 0.175. The molecule has 0 atom stereocenters. The van der Waals surface area contributed by atoms with Crippen molar-refractivity contribution in [3.63, 3.8) is 0 Å². The Morgan fingerprint density at radius 1 is 1.37 bits per heavy atom. The molecule has 0 saturated carbocycles. The number of imidazole rings is 1. The highest BCUT2D eigenvalue weighted by Gasteiger charge is 2.33. The fraction of sp³-hybridized carbons (Fsp3) is 0.667. The summed E-state index contributed by atoms with van der Waals surface area (Å²) in [5.41, 5.74) is 0. The van der Waals surface area contributed by atoms with Crippen LogP contribution in [-0.4, -0.2) is 43.9 Å². The molecule has 0 spiro atoms. The van der Waals surface area contributed by atoms with Crippen LogP contribution in [0, 0.1) is 0 Å². The number of nitrogens with zero attached hydrogens (tertiary/aromatic N) is 2. The van der Waals surface area contributed by atoms with Gasteiger partial charge in [0.05, 0.1) is 11.1 Å². The van der Waals surface area contributed by atoms with E-state index in [4.69, 9.17) is 11.6 Å². The van der Waals surface area contributed by atoms with Gasteiger partial charge in [-0.3, -0.25) is 0 Å². The number of rotatable bonds is 5. The summed E-state index contributed by atoms with van der Waals surface area (Å²) < 4.78 is 49.3. The first-order valence-electron chi connectivity index (χ1n) is 5.24. The average molecular weight is 330 g/mol. The fourth-order valence-electron chi connectivity index (χ4n) is 1.04. The lowest BCUT2D eigenvalue weighted by molar-refractivity contribution is 0.536. The molecule has 1 N–H and O–H groups in total. The van der Waals surface area contributed by atoms with Crippen molar-refractivity contribution < 1.29 is 16.8 Å². The number of aryl methyl sites for hydroxylation is 1. The lowest BCUT2D eigenvalue weighted by atomic mass is 10.2. The van der Waals surface area contributed by atoms with Gasteiger partial charge in [0.1, 0.15) is 5.15 Å². The Kier molecular flexibility index (Phi) is 4.35. The van der Waals surface area contributed by atoms with Crippen LogP contribution in [0.1, 0.15) is 13.8 Å². The van der Waals surface area contributed by atoms with Crippen LogP contribution in [0.25, 0.3) is 0 Å². The Morgan fingerprint density at radius 2 is 1.89 bits per heavy atom. The van der Waals surface area contributed by atoms with Gasteiger partial charge in [-0.15, -0.1) is 0 Å². The molecule has 0 saturated heterocycles. The van der Waals surface area contributed by atoms with Gasteiger partial charge in [-0.25, -0.2) is 26.5 Å². The van der Waals surface area contributed by atoms with Gasteiger partial charge in [0.15, 0.2) is 9.84 Å². The zero-order valence-corrected chi connectivity index (χ0v) is 13.4. The van der Waals surface area contributed by atoms with Gasteiger partial charge in [0, 0.05) is 19.8 Å². The number of hydrogen-bond acceptors (Lipinski definition) is 5. The molecular formula is C9H16ClN3O4S2. The van der Waals surface area contributed by atoms with Crippen molar-refractivity contribution in [1.29, 1.82) is 0 Å². The maximum Gasteiger partial charge on any atom is 0.261 e. The molecular weight excluding hydrogens is 314 g/mol. The highest BCUT2D eigenvalue weighted by Crippen LogP contribution is 2.20. The van der Waals surface area contributed by atoms with E-state index in [0.29, 0.717) is 0 Å². The van der Waals surface area contributed by atoms with Crippen molar-refractivity contribution in [2.45, 2.75) is 23.6 Å². The highest BCUT2D eigenvalue weighted by atomic mass is 35.5. The van der Waals surface area contributed by atoms with E-state index >= 15 is 0 Å². The van der Waals surface area contributed by atoms with Crippen LogP contribution in [0.3, 0.4) is 0 Å². The molecule has 0 aliphatic heterocycles. The molecule has 0 fully saturated rings. The van der Waals surface area contributed by atoms with Gasteiger partial charge in [-0.1, -0.05) is 11.6 Å².